The SMILES string of the molecule is CCc1nc(-c2ccc(C(F)(F)F)cc2)sc1COc1ccc2[nH]cc(CC(=O)O)c2c1. The van der Waals surface area contributed by atoms with E-state index in [9.17, 15) is 18.0 Å². The Hall–Kier alpha value is -3.33. The molecule has 0 aliphatic heterocycles. The summed E-state index contributed by atoms with van der Waals surface area (Å²) in [6.45, 7) is 2.21. The number of fused-ring (bicyclic) bond motifs is 1. The molecule has 2 aromatic carbocycles. The van der Waals surface area contributed by atoms with Gasteiger partial charge in [-0.1, -0.05) is 19.1 Å². The summed E-state index contributed by atoms with van der Waals surface area (Å²) in [6.07, 6.45) is -2.12. The fourth-order valence-electron chi connectivity index (χ4n) is 3.40. The topological polar surface area (TPSA) is 75.2 Å². The van der Waals surface area contributed by atoms with Crippen LogP contribution in [0.4, 0.5) is 13.2 Å². The average Bonchev–Trinajstić information content (AvgIpc) is 3.35. The van der Waals surface area contributed by atoms with Crippen molar-refractivity contribution < 1.29 is 27.8 Å². The number of ether oxygens (including phenoxy) is 1. The molecule has 0 unspecified atom stereocenters. The fraction of sp³-hybridized carbons (Fsp3) is 0.217. The molecule has 0 saturated carbocycles. The maximum absolute atomic E-state index is 12.8. The zero-order chi connectivity index (χ0) is 22.9. The van der Waals surface area contributed by atoms with E-state index in [-0.39, 0.29) is 13.0 Å². The lowest BCUT2D eigenvalue weighted by Gasteiger charge is -2.06. The second kappa shape index (κ2) is 8.66. The number of benzene rings is 2. The predicted octanol–water partition coefficient (Wildman–Crippen LogP) is 6.08. The van der Waals surface area contributed by atoms with Crippen LogP contribution in [-0.4, -0.2) is 21.0 Å². The van der Waals surface area contributed by atoms with Crippen LogP contribution in [0.5, 0.6) is 5.75 Å². The fourth-order valence-corrected chi connectivity index (χ4v) is 4.47. The monoisotopic (exact) mass is 460 g/mol. The van der Waals surface area contributed by atoms with Gasteiger partial charge in [0.05, 0.1) is 22.6 Å². The van der Waals surface area contributed by atoms with Crippen molar-refractivity contribution in [3.63, 3.8) is 0 Å². The number of alkyl halides is 3. The third kappa shape index (κ3) is 4.62. The number of aromatic amines is 1. The first-order chi connectivity index (χ1) is 15.2. The molecule has 9 heteroatoms. The van der Waals surface area contributed by atoms with E-state index in [1.54, 1.807) is 18.3 Å². The molecule has 2 aromatic heterocycles. The number of hydrogen-bond acceptors (Lipinski definition) is 4. The number of aromatic nitrogens is 2. The summed E-state index contributed by atoms with van der Waals surface area (Å²) < 4.78 is 44.4. The van der Waals surface area contributed by atoms with Gasteiger partial charge in [-0.3, -0.25) is 4.79 Å². The minimum atomic E-state index is -4.38. The van der Waals surface area contributed by atoms with Crippen LogP contribution in [0.1, 0.15) is 28.6 Å². The van der Waals surface area contributed by atoms with E-state index in [1.165, 1.54) is 23.5 Å². The third-order valence-corrected chi connectivity index (χ3v) is 6.14. The first-order valence-electron chi connectivity index (χ1n) is 9.85. The quantitative estimate of drug-likeness (QED) is 0.351. The number of nitrogens with zero attached hydrogens (tertiary/aromatic N) is 1. The molecule has 166 valence electrons. The van der Waals surface area contributed by atoms with Crippen molar-refractivity contribution in [1.29, 1.82) is 0 Å². The van der Waals surface area contributed by atoms with E-state index >= 15 is 0 Å². The lowest BCUT2D eigenvalue weighted by atomic mass is 10.1. The van der Waals surface area contributed by atoms with Gasteiger partial charge in [0.15, 0.2) is 0 Å². The zero-order valence-electron chi connectivity index (χ0n) is 17.0. The van der Waals surface area contributed by atoms with Crippen LogP contribution in [0, 0.1) is 0 Å². The summed E-state index contributed by atoms with van der Waals surface area (Å²) in [4.78, 5) is 19.6. The maximum atomic E-state index is 12.8. The maximum Gasteiger partial charge on any atom is 0.416 e. The first kappa shape index (κ1) is 21.9. The first-order valence-corrected chi connectivity index (χ1v) is 10.7. The molecule has 0 saturated heterocycles. The van der Waals surface area contributed by atoms with Crippen LogP contribution in [-0.2, 0) is 30.4 Å². The highest BCUT2D eigenvalue weighted by molar-refractivity contribution is 7.15. The summed E-state index contributed by atoms with van der Waals surface area (Å²) in [7, 11) is 0. The minimum Gasteiger partial charge on any atom is -0.488 e. The number of thiazole rings is 1. The van der Waals surface area contributed by atoms with Crippen molar-refractivity contribution in [3.8, 4) is 16.3 Å². The van der Waals surface area contributed by atoms with Crippen molar-refractivity contribution >= 4 is 28.2 Å². The van der Waals surface area contributed by atoms with Gasteiger partial charge in [-0.05, 0) is 42.3 Å². The Balaban J connectivity index is 1.54. The molecule has 4 rings (SSSR count). The van der Waals surface area contributed by atoms with Gasteiger partial charge in [-0.2, -0.15) is 13.2 Å². The number of carbonyl (C=O) groups is 1. The lowest BCUT2D eigenvalue weighted by molar-refractivity contribution is -0.138. The van der Waals surface area contributed by atoms with E-state index < -0.39 is 17.7 Å². The molecule has 0 bridgehead atoms. The van der Waals surface area contributed by atoms with Gasteiger partial charge in [0.2, 0.25) is 0 Å². The van der Waals surface area contributed by atoms with Crippen molar-refractivity contribution in [3.05, 3.63) is 70.4 Å². The van der Waals surface area contributed by atoms with Crippen molar-refractivity contribution in [1.82, 2.24) is 9.97 Å². The molecule has 5 nitrogen and oxygen atoms in total. The Morgan fingerprint density at radius 1 is 1.19 bits per heavy atom. The molecule has 0 fully saturated rings. The zero-order valence-corrected chi connectivity index (χ0v) is 17.8. The molecule has 0 radical (unpaired) electrons. The normalized spacial score (nSPS) is 11.8. The van der Waals surface area contributed by atoms with Crippen molar-refractivity contribution in [2.45, 2.75) is 32.5 Å². The molecule has 0 spiro atoms. The summed E-state index contributed by atoms with van der Waals surface area (Å²) in [5.74, 6) is -0.319. The summed E-state index contributed by atoms with van der Waals surface area (Å²) in [5.41, 5.74) is 2.26. The number of hydrogen-bond donors (Lipinski definition) is 2. The molecule has 4 aromatic rings. The van der Waals surface area contributed by atoms with E-state index in [0.717, 1.165) is 33.6 Å². The molecule has 2 N–H and O–H groups in total. The van der Waals surface area contributed by atoms with Crippen LogP contribution in [0.15, 0.2) is 48.7 Å². The van der Waals surface area contributed by atoms with Gasteiger partial charge >= 0.3 is 12.1 Å². The van der Waals surface area contributed by atoms with Crippen LogP contribution < -0.4 is 4.74 Å². The van der Waals surface area contributed by atoms with Gasteiger partial charge in [-0.15, -0.1) is 11.3 Å². The van der Waals surface area contributed by atoms with E-state index in [0.29, 0.717) is 28.3 Å². The lowest BCUT2D eigenvalue weighted by Crippen LogP contribution is -2.03. The van der Waals surface area contributed by atoms with Gasteiger partial charge in [0.25, 0.3) is 0 Å². The Kier molecular flexibility index (Phi) is 5.92. The Bertz CT molecular complexity index is 1260. The Morgan fingerprint density at radius 2 is 1.94 bits per heavy atom. The second-order valence-electron chi connectivity index (χ2n) is 7.20. The Morgan fingerprint density at radius 3 is 2.59 bits per heavy atom. The predicted molar refractivity (Wildman–Crippen MR) is 116 cm³/mol. The third-order valence-electron chi connectivity index (χ3n) is 5.02. The smallest absolute Gasteiger partial charge is 0.416 e. The number of carboxylic acid groups (broad SMARTS) is 1. The Labute approximate surface area is 185 Å². The molecular formula is C23H19F3N2O3S. The van der Waals surface area contributed by atoms with Gasteiger partial charge in [0.1, 0.15) is 17.4 Å². The number of nitrogens with one attached hydrogen (secondary N) is 1. The number of aryl methyl sites for hydroxylation is 1. The van der Waals surface area contributed by atoms with Crippen molar-refractivity contribution in [2.75, 3.05) is 0 Å². The minimum absolute atomic E-state index is 0.0885. The number of rotatable bonds is 7. The molecule has 2 heterocycles. The molecule has 32 heavy (non-hydrogen) atoms. The highest BCUT2D eigenvalue weighted by atomic mass is 32.1. The molecule has 0 amide bonds. The molecule has 0 atom stereocenters. The van der Waals surface area contributed by atoms with E-state index in [4.69, 9.17) is 9.84 Å². The molecular weight excluding hydrogens is 441 g/mol. The van der Waals surface area contributed by atoms with Crippen LogP contribution in [0.25, 0.3) is 21.5 Å². The highest BCUT2D eigenvalue weighted by Gasteiger charge is 2.30. The number of halogens is 3. The van der Waals surface area contributed by atoms with Gasteiger partial charge < -0.3 is 14.8 Å². The van der Waals surface area contributed by atoms with E-state index in [1.807, 2.05) is 13.0 Å². The number of H-pyrrole nitrogens is 1. The largest absolute Gasteiger partial charge is 0.488 e. The van der Waals surface area contributed by atoms with Gasteiger partial charge in [-0.25, -0.2) is 4.98 Å². The summed E-state index contributed by atoms with van der Waals surface area (Å²) >= 11 is 1.39. The highest BCUT2D eigenvalue weighted by Crippen LogP contribution is 2.34. The van der Waals surface area contributed by atoms with Crippen LogP contribution in [0.3, 0.4) is 0 Å². The van der Waals surface area contributed by atoms with Gasteiger partial charge in [0, 0.05) is 22.7 Å². The summed E-state index contributed by atoms with van der Waals surface area (Å²) in [6, 6.07) is 10.4. The van der Waals surface area contributed by atoms with Crippen LogP contribution >= 0.6 is 11.3 Å². The molecule has 0 aliphatic rings. The standard InChI is InChI=1S/C23H19F3N2O3S/c1-2-18-20(32-22(28-18)13-3-5-15(6-4-13)23(24,25)26)12-31-16-7-8-19-17(10-16)14(11-27-19)9-21(29)30/h3-8,10-11,27H,2,9,12H2,1H3,(H,29,30). The van der Waals surface area contributed by atoms with Crippen molar-refractivity contribution in [2.24, 2.45) is 0 Å². The van der Waals surface area contributed by atoms with Crippen LogP contribution in [0.2, 0.25) is 0 Å². The number of carboxylic acids is 1. The van der Waals surface area contributed by atoms with E-state index in [2.05, 4.69) is 9.97 Å². The number of aliphatic carboxylic acids is 1. The molecule has 0 aliphatic carbocycles. The average molecular weight is 460 g/mol. The second-order valence-corrected chi connectivity index (χ2v) is 8.28. The summed E-state index contributed by atoms with van der Waals surface area (Å²) in [5, 5.41) is 10.5.